The van der Waals surface area contributed by atoms with Crippen LogP contribution in [0, 0.1) is 11.7 Å². The van der Waals surface area contributed by atoms with Crippen LogP contribution in [0.25, 0.3) is 0 Å². The Hall–Kier alpha value is -2.35. The van der Waals surface area contributed by atoms with Crippen LogP contribution >= 0.6 is 0 Å². The summed E-state index contributed by atoms with van der Waals surface area (Å²) in [4.78, 5) is 33.4. The van der Waals surface area contributed by atoms with Gasteiger partial charge in [-0.2, -0.15) is 0 Å². The molecule has 0 radical (unpaired) electrons. The molecule has 3 aliphatic heterocycles. The first-order valence-electron chi connectivity index (χ1n) is 12.8. The molecule has 2 saturated heterocycles. The molecule has 3 fully saturated rings. The number of ether oxygens (including phenoxy) is 1. The lowest BCUT2D eigenvalue weighted by atomic mass is 9.74. The highest BCUT2D eigenvalue weighted by molar-refractivity contribution is 5.95. The van der Waals surface area contributed by atoms with Crippen molar-refractivity contribution < 1.29 is 18.7 Å². The van der Waals surface area contributed by atoms with Crippen LogP contribution in [0.5, 0.6) is 0 Å². The number of carbonyl (C=O) groups is 2. The molecule has 1 aromatic carbocycles. The van der Waals surface area contributed by atoms with Gasteiger partial charge in [0.15, 0.2) is 0 Å². The van der Waals surface area contributed by atoms with Crippen LogP contribution in [0.1, 0.15) is 51.0 Å². The van der Waals surface area contributed by atoms with E-state index in [9.17, 15) is 14.0 Å². The van der Waals surface area contributed by atoms with Gasteiger partial charge in [0, 0.05) is 50.4 Å². The van der Waals surface area contributed by atoms with E-state index in [1.807, 2.05) is 16.7 Å². The number of halogens is 1. The van der Waals surface area contributed by atoms with Gasteiger partial charge in [-0.1, -0.05) is 0 Å². The van der Waals surface area contributed by atoms with Gasteiger partial charge < -0.3 is 19.4 Å². The predicted octanol–water partition coefficient (Wildman–Crippen LogP) is 4.06. The summed E-state index contributed by atoms with van der Waals surface area (Å²) in [5.41, 5.74) is 1.64. The van der Waals surface area contributed by atoms with Gasteiger partial charge in [0.25, 0.3) is 0 Å². The molecule has 3 heterocycles. The lowest BCUT2D eigenvalue weighted by molar-refractivity contribution is 0.0634. The lowest BCUT2D eigenvalue weighted by Gasteiger charge is -2.42. The first-order chi connectivity index (χ1) is 16.3. The maximum atomic E-state index is 14.3. The quantitative estimate of drug-likeness (QED) is 0.652. The van der Waals surface area contributed by atoms with E-state index >= 15 is 0 Å². The molecular formula is C26H37FN4O3. The normalized spacial score (nSPS) is 28.1. The first-order valence-corrected chi connectivity index (χ1v) is 12.8. The van der Waals surface area contributed by atoms with Crippen molar-refractivity contribution in [1.29, 1.82) is 0 Å². The zero-order valence-corrected chi connectivity index (χ0v) is 20.6. The van der Waals surface area contributed by atoms with Crippen molar-refractivity contribution in [2.45, 2.75) is 62.9 Å². The second-order valence-corrected chi connectivity index (χ2v) is 10.7. The Labute approximate surface area is 201 Å². The molecule has 8 heteroatoms. The second kappa shape index (κ2) is 9.02. The molecule has 0 aromatic heterocycles. The number of nitrogens with zero attached hydrogens (tertiary/aromatic N) is 4. The van der Waals surface area contributed by atoms with E-state index in [0.29, 0.717) is 25.1 Å². The average molecular weight is 473 g/mol. The third-order valence-electron chi connectivity index (χ3n) is 8.68. The third-order valence-corrected chi connectivity index (χ3v) is 8.68. The van der Waals surface area contributed by atoms with Gasteiger partial charge in [0.1, 0.15) is 5.82 Å². The van der Waals surface area contributed by atoms with E-state index in [2.05, 4.69) is 4.90 Å². The molecule has 34 heavy (non-hydrogen) atoms. The van der Waals surface area contributed by atoms with E-state index < -0.39 is 0 Å². The SMILES string of the molecule is CCOC(=O)N1CCCC2CC(N3CCC4(CC3)CN(C(=O)N(C)C)c3ccc(F)cc34)CC21. The van der Waals surface area contributed by atoms with Gasteiger partial charge in [-0.3, -0.25) is 4.90 Å². The molecule has 1 aliphatic carbocycles. The Kier molecular flexibility index (Phi) is 6.21. The lowest BCUT2D eigenvalue weighted by Crippen LogP contribution is -2.50. The van der Waals surface area contributed by atoms with Gasteiger partial charge in [0.05, 0.1) is 6.61 Å². The summed E-state index contributed by atoms with van der Waals surface area (Å²) in [6, 6.07) is 5.57. The maximum absolute atomic E-state index is 14.3. The minimum absolute atomic E-state index is 0.0499. The van der Waals surface area contributed by atoms with Gasteiger partial charge in [-0.25, -0.2) is 14.0 Å². The first kappa shape index (κ1) is 23.4. The number of piperidine rings is 2. The fourth-order valence-corrected chi connectivity index (χ4v) is 6.98. The molecular weight excluding hydrogens is 435 g/mol. The molecule has 0 N–H and O–H groups in total. The Morgan fingerprint density at radius 3 is 2.65 bits per heavy atom. The monoisotopic (exact) mass is 472 g/mol. The summed E-state index contributed by atoms with van der Waals surface area (Å²) in [5.74, 6) is 0.312. The van der Waals surface area contributed by atoms with Crippen molar-refractivity contribution in [1.82, 2.24) is 14.7 Å². The van der Waals surface area contributed by atoms with Crippen LogP contribution in [0.2, 0.25) is 0 Å². The molecule has 3 unspecified atom stereocenters. The molecule has 4 aliphatic rings. The standard InChI is InChI=1S/C26H37FN4O3/c1-4-34-25(33)30-11-5-6-18-14-20(16-23(18)30)29-12-9-26(10-13-29)17-31(24(32)28(2)3)22-8-7-19(27)15-21(22)26/h7-8,15,18,20,23H,4-6,9-14,16-17H2,1-3H3. The van der Waals surface area contributed by atoms with Crippen LogP contribution in [-0.2, 0) is 10.2 Å². The van der Waals surface area contributed by atoms with Crippen LogP contribution in [0.4, 0.5) is 19.7 Å². The Morgan fingerprint density at radius 1 is 1.18 bits per heavy atom. The molecule has 3 amide bonds. The maximum Gasteiger partial charge on any atom is 0.410 e. The minimum Gasteiger partial charge on any atom is -0.450 e. The van der Waals surface area contributed by atoms with Crippen molar-refractivity contribution in [3.63, 3.8) is 0 Å². The summed E-state index contributed by atoms with van der Waals surface area (Å²) < 4.78 is 19.6. The molecule has 1 spiro atoms. The van der Waals surface area contributed by atoms with Crippen molar-refractivity contribution in [3.05, 3.63) is 29.6 Å². The molecule has 1 aromatic rings. The van der Waals surface area contributed by atoms with E-state index in [1.165, 1.54) is 12.5 Å². The number of hydrogen-bond donors (Lipinski definition) is 0. The van der Waals surface area contributed by atoms with Crippen LogP contribution in [-0.4, -0.2) is 85.8 Å². The summed E-state index contributed by atoms with van der Waals surface area (Å²) in [6.45, 7) is 5.56. The van der Waals surface area contributed by atoms with E-state index in [-0.39, 0.29) is 29.4 Å². The van der Waals surface area contributed by atoms with Gasteiger partial charge in [-0.05, 0) is 88.2 Å². The Balaban J connectivity index is 1.29. The average Bonchev–Trinajstić information content (AvgIpc) is 3.39. The molecule has 186 valence electrons. The number of fused-ring (bicyclic) bond motifs is 3. The fraction of sp³-hybridized carbons (Fsp3) is 0.692. The molecule has 0 bridgehead atoms. The number of amides is 3. The van der Waals surface area contributed by atoms with Crippen LogP contribution < -0.4 is 4.90 Å². The van der Waals surface area contributed by atoms with Gasteiger partial charge >= 0.3 is 12.1 Å². The third kappa shape index (κ3) is 3.93. The fourth-order valence-electron chi connectivity index (χ4n) is 6.98. The predicted molar refractivity (Wildman–Crippen MR) is 129 cm³/mol. The van der Waals surface area contributed by atoms with Gasteiger partial charge in [0.2, 0.25) is 0 Å². The van der Waals surface area contributed by atoms with Crippen LogP contribution in [0.15, 0.2) is 18.2 Å². The zero-order chi connectivity index (χ0) is 24.0. The number of urea groups is 1. The number of anilines is 1. The molecule has 5 rings (SSSR count). The van der Waals surface area contributed by atoms with Crippen molar-refractivity contribution in [2.75, 3.05) is 51.8 Å². The number of benzene rings is 1. The summed E-state index contributed by atoms with van der Waals surface area (Å²) in [7, 11) is 3.52. The largest absolute Gasteiger partial charge is 0.450 e. The van der Waals surface area contributed by atoms with Gasteiger partial charge in [-0.15, -0.1) is 0 Å². The number of carbonyl (C=O) groups excluding carboxylic acids is 2. The van der Waals surface area contributed by atoms with E-state index in [1.54, 1.807) is 31.1 Å². The molecule has 1 saturated carbocycles. The summed E-state index contributed by atoms with van der Waals surface area (Å²) >= 11 is 0. The topological polar surface area (TPSA) is 56.3 Å². The molecule has 3 atom stereocenters. The summed E-state index contributed by atoms with van der Waals surface area (Å²) in [6.07, 6.45) is 6.03. The van der Waals surface area contributed by atoms with Crippen LogP contribution in [0.3, 0.4) is 0 Å². The highest BCUT2D eigenvalue weighted by Crippen LogP contribution is 2.49. The zero-order valence-electron chi connectivity index (χ0n) is 20.6. The highest BCUT2D eigenvalue weighted by atomic mass is 19.1. The van der Waals surface area contributed by atoms with Crippen molar-refractivity contribution >= 4 is 17.8 Å². The Morgan fingerprint density at radius 2 is 1.94 bits per heavy atom. The van der Waals surface area contributed by atoms with Crippen molar-refractivity contribution in [2.24, 2.45) is 5.92 Å². The number of rotatable bonds is 2. The van der Waals surface area contributed by atoms with E-state index in [0.717, 1.165) is 63.0 Å². The minimum atomic E-state index is -0.237. The van der Waals surface area contributed by atoms with Crippen molar-refractivity contribution in [3.8, 4) is 0 Å². The highest BCUT2D eigenvalue weighted by Gasteiger charge is 2.49. The number of likely N-dealkylation sites (tertiary alicyclic amines) is 2. The van der Waals surface area contributed by atoms with E-state index in [4.69, 9.17) is 4.74 Å². The second-order valence-electron chi connectivity index (χ2n) is 10.7. The Bertz CT molecular complexity index is 946. The smallest absolute Gasteiger partial charge is 0.410 e. The summed E-state index contributed by atoms with van der Waals surface area (Å²) in [5, 5.41) is 0. The molecule has 7 nitrogen and oxygen atoms in total. The number of hydrogen-bond acceptors (Lipinski definition) is 4.